The number of anilines is 2. The first-order valence-corrected chi connectivity index (χ1v) is 12.3. The number of hydrogen-bond donors (Lipinski definition) is 3. The quantitative estimate of drug-likeness (QED) is 0.239. The van der Waals surface area contributed by atoms with Crippen LogP contribution in [0.2, 0.25) is 0 Å². The maximum absolute atomic E-state index is 12.5. The number of ether oxygens (including phenoxy) is 3. The van der Waals surface area contributed by atoms with Gasteiger partial charge in [0.15, 0.2) is 17.3 Å². The van der Waals surface area contributed by atoms with Gasteiger partial charge in [0.2, 0.25) is 5.88 Å². The number of urea groups is 1. The molecule has 1 fully saturated rings. The van der Waals surface area contributed by atoms with Gasteiger partial charge in [-0.15, -0.1) is 24.8 Å². The van der Waals surface area contributed by atoms with E-state index < -0.39 is 6.03 Å². The van der Waals surface area contributed by atoms with Crippen LogP contribution in [0.4, 0.5) is 16.3 Å². The summed E-state index contributed by atoms with van der Waals surface area (Å²) in [6, 6.07) is 11.9. The molecule has 3 heterocycles. The summed E-state index contributed by atoms with van der Waals surface area (Å²) in [7, 11) is 1.59. The Kier molecular flexibility index (Phi) is 10.0. The first-order chi connectivity index (χ1) is 18.3. The van der Waals surface area contributed by atoms with Gasteiger partial charge in [-0.2, -0.15) is 0 Å². The summed E-state index contributed by atoms with van der Waals surface area (Å²) in [5.74, 6) is 3.02. The molecule has 1 saturated heterocycles. The van der Waals surface area contributed by atoms with Crippen LogP contribution in [-0.2, 0) is 5.41 Å². The number of aromatic nitrogens is 3. The fourth-order valence-electron chi connectivity index (χ4n) is 4.00. The second-order valence-corrected chi connectivity index (χ2v) is 9.97. The molecule has 40 heavy (non-hydrogen) atoms. The van der Waals surface area contributed by atoms with Crippen LogP contribution in [0.25, 0.3) is 10.9 Å². The average Bonchev–Trinajstić information content (AvgIpc) is 3.56. The normalized spacial score (nSPS) is 14.6. The maximum atomic E-state index is 12.5. The van der Waals surface area contributed by atoms with Gasteiger partial charge in [0.1, 0.15) is 23.9 Å². The number of amides is 2. The van der Waals surface area contributed by atoms with Crippen molar-refractivity contribution in [3.63, 3.8) is 0 Å². The Morgan fingerprint density at radius 3 is 2.60 bits per heavy atom. The summed E-state index contributed by atoms with van der Waals surface area (Å²) in [6.07, 6.45) is 2.44. The summed E-state index contributed by atoms with van der Waals surface area (Å²) in [6.45, 7) is 7.72. The highest BCUT2D eigenvalue weighted by molar-refractivity contribution is 5.99. The van der Waals surface area contributed by atoms with E-state index in [1.54, 1.807) is 37.4 Å². The zero-order valence-corrected chi connectivity index (χ0v) is 24.1. The predicted molar refractivity (Wildman–Crippen MR) is 157 cm³/mol. The first kappa shape index (κ1) is 30.7. The first-order valence-electron chi connectivity index (χ1n) is 12.3. The van der Waals surface area contributed by atoms with Crippen molar-refractivity contribution in [2.24, 2.45) is 0 Å². The number of carbonyl (C=O) groups is 1. The Balaban J connectivity index is 0.00000220. The van der Waals surface area contributed by atoms with Crippen molar-refractivity contribution in [1.29, 1.82) is 0 Å². The van der Waals surface area contributed by atoms with Crippen LogP contribution in [0.5, 0.6) is 23.1 Å². The number of benzene rings is 2. The van der Waals surface area contributed by atoms with E-state index >= 15 is 0 Å². The van der Waals surface area contributed by atoms with Crippen molar-refractivity contribution in [2.45, 2.75) is 38.7 Å². The van der Waals surface area contributed by atoms with Crippen LogP contribution in [0.15, 0.2) is 53.3 Å². The zero-order valence-electron chi connectivity index (χ0n) is 22.5. The summed E-state index contributed by atoms with van der Waals surface area (Å²) in [4.78, 5) is 21.2. The number of methoxy groups -OCH3 is 1. The van der Waals surface area contributed by atoms with Crippen LogP contribution in [0, 0.1) is 0 Å². The lowest BCUT2D eigenvalue weighted by molar-refractivity contribution is 0.213. The Morgan fingerprint density at radius 1 is 1.07 bits per heavy atom. The molecule has 0 radical (unpaired) electrons. The molecule has 0 saturated carbocycles. The molecule has 2 aromatic heterocycles. The lowest BCUT2D eigenvalue weighted by Gasteiger charge is -2.16. The van der Waals surface area contributed by atoms with E-state index in [0.717, 1.165) is 19.5 Å². The minimum Gasteiger partial charge on any atom is -0.493 e. The summed E-state index contributed by atoms with van der Waals surface area (Å²) >= 11 is 0. The van der Waals surface area contributed by atoms with E-state index in [1.807, 2.05) is 32.9 Å². The predicted octanol–water partition coefficient (Wildman–Crippen LogP) is 5.94. The van der Waals surface area contributed by atoms with Crippen molar-refractivity contribution in [2.75, 3.05) is 30.8 Å². The second-order valence-electron chi connectivity index (χ2n) is 9.97. The van der Waals surface area contributed by atoms with E-state index in [1.165, 1.54) is 6.33 Å². The molecule has 4 aromatic rings. The third-order valence-electron chi connectivity index (χ3n) is 5.99. The van der Waals surface area contributed by atoms with Crippen molar-refractivity contribution >= 4 is 53.3 Å². The van der Waals surface area contributed by atoms with Crippen LogP contribution < -0.4 is 30.2 Å². The van der Waals surface area contributed by atoms with E-state index in [2.05, 4.69) is 31.1 Å². The number of carbonyl (C=O) groups excluding carboxylic acids is 1. The fraction of sp³-hybridized carbons (Fsp3) is 0.333. The number of rotatable bonds is 7. The Bertz CT molecular complexity index is 1450. The zero-order chi connectivity index (χ0) is 26.7. The van der Waals surface area contributed by atoms with E-state index in [4.69, 9.17) is 18.7 Å². The number of fused-ring (bicyclic) bond motifs is 1. The molecule has 2 amide bonds. The summed E-state index contributed by atoms with van der Waals surface area (Å²) in [5, 5.41) is 13.3. The highest BCUT2D eigenvalue weighted by Gasteiger charge is 2.21. The van der Waals surface area contributed by atoms with Gasteiger partial charge in [0.05, 0.1) is 18.0 Å². The third-order valence-corrected chi connectivity index (χ3v) is 5.99. The van der Waals surface area contributed by atoms with Crippen LogP contribution in [-0.4, -0.2) is 47.5 Å². The number of nitrogens with zero attached hydrogens (tertiary/aromatic N) is 3. The van der Waals surface area contributed by atoms with Gasteiger partial charge < -0.3 is 29.4 Å². The van der Waals surface area contributed by atoms with Gasteiger partial charge in [0.25, 0.3) is 0 Å². The van der Waals surface area contributed by atoms with E-state index in [9.17, 15) is 4.79 Å². The van der Waals surface area contributed by atoms with Crippen molar-refractivity contribution in [3.8, 4) is 23.1 Å². The molecule has 0 spiro atoms. The molecule has 11 nitrogen and oxygen atoms in total. The van der Waals surface area contributed by atoms with Crippen molar-refractivity contribution in [3.05, 3.63) is 54.6 Å². The van der Waals surface area contributed by atoms with Gasteiger partial charge in [-0.3, -0.25) is 5.32 Å². The summed E-state index contributed by atoms with van der Waals surface area (Å²) in [5.41, 5.74) is 0.968. The molecule has 13 heteroatoms. The van der Waals surface area contributed by atoms with Gasteiger partial charge in [-0.05, 0) is 31.2 Å². The molecular formula is C27H32Cl2N6O5. The maximum Gasteiger partial charge on any atom is 0.324 e. The minimum atomic E-state index is -0.460. The highest BCUT2D eigenvalue weighted by Crippen LogP contribution is 2.37. The molecule has 1 atom stereocenters. The van der Waals surface area contributed by atoms with Crippen LogP contribution >= 0.6 is 24.8 Å². The Morgan fingerprint density at radius 2 is 1.90 bits per heavy atom. The van der Waals surface area contributed by atoms with Gasteiger partial charge in [0, 0.05) is 35.8 Å². The lowest BCUT2D eigenvalue weighted by atomic mass is 9.93. The molecule has 1 aliphatic rings. The van der Waals surface area contributed by atoms with Crippen molar-refractivity contribution < 1.29 is 23.5 Å². The Hall–Kier alpha value is -3.80. The highest BCUT2D eigenvalue weighted by atomic mass is 35.5. The molecule has 2 aromatic carbocycles. The average molecular weight is 591 g/mol. The topological polar surface area (TPSA) is 133 Å². The minimum absolute atomic E-state index is 0. The van der Waals surface area contributed by atoms with Crippen LogP contribution in [0.3, 0.4) is 0 Å². The SMILES string of the molecule is COc1cc2c(Oc3cccc(NC(=O)Nc4cc(C(C)(C)C)on4)c3)ncnc2cc1O[C@@H]1CCNC1.Cl.Cl. The van der Waals surface area contributed by atoms with E-state index in [0.29, 0.717) is 51.3 Å². The molecule has 0 unspecified atom stereocenters. The fourth-order valence-corrected chi connectivity index (χ4v) is 4.00. The van der Waals surface area contributed by atoms with Crippen molar-refractivity contribution in [1.82, 2.24) is 20.4 Å². The van der Waals surface area contributed by atoms with Gasteiger partial charge in [-0.25, -0.2) is 14.8 Å². The number of halogens is 2. The smallest absolute Gasteiger partial charge is 0.324 e. The molecule has 214 valence electrons. The van der Waals surface area contributed by atoms with Gasteiger partial charge in [-0.1, -0.05) is 32.0 Å². The third kappa shape index (κ3) is 7.23. The molecule has 0 aliphatic carbocycles. The standard InChI is InChI=1S/C27H30N6O5.2ClH/c1-27(2,3)23-13-24(33-38-23)32-26(34)31-16-6-5-7-17(10-16)37-25-19-11-21(35-4)22(12-20(19)29-15-30-25)36-18-8-9-28-14-18;;/h5-7,10-13,15,18,28H,8-9,14H2,1-4H3,(H2,31,32,33,34);2*1H/t18-;;/m1../s1. The Labute approximate surface area is 244 Å². The van der Waals surface area contributed by atoms with E-state index in [-0.39, 0.29) is 36.3 Å². The molecular weight excluding hydrogens is 559 g/mol. The summed E-state index contributed by atoms with van der Waals surface area (Å²) < 4.78 is 23.1. The monoisotopic (exact) mass is 590 g/mol. The number of nitrogens with one attached hydrogen (secondary N) is 3. The van der Waals surface area contributed by atoms with Crippen LogP contribution in [0.1, 0.15) is 33.0 Å². The lowest BCUT2D eigenvalue weighted by Crippen LogP contribution is -2.19. The second kappa shape index (κ2) is 13.0. The molecule has 5 rings (SSSR count). The molecule has 1 aliphatic heterocycles. The molecule has 3 N–H and O–H groups in total. The number of hydrogen-bond acceptors (Lipinski definition) is 9. The van der Waals surface area contributed by atoms with Gasteiger partial charge >= 0.3 is 6.03 Å². The largest absolute Gasteiger partial charge is 0.493 e. The molecule has 0 bridgehead atoms.